The number of nitrogens with zero attached hydrogens (tertiary/aromatic N) is 6. The predicted octanol–water partition coefficient (Wildman–Crippen LogP) is 3.59. The SMILES string of the molecule is CCN(Cc1ccncc1)C(=O)c1cnn(-c2nccc(-c3cccs3)n2)c1COC. The first-order valence-corrected chi connectivity index (χ1v) is 10.7. The lowest BCUT2D eigenvalue weighted by Crippen LogP contribution is -2.31. The Morgan fingerprint density at radius 3 is 2.74 bits per heavy atom. The highest BCUT2D eigenvalue weighted by atomic mass is 32.1. The smallest absolute Gasteiger partial charge is 0.257 e. The molecule has 0 aromatic carbocycles. The Labute approximate surface area is 184 Å². The van der Waals surface area contributed by atoms with Crippen LogP contribution < -0.4 is 0 Å². The van der Waals surface area contributed by atoms with Gasteiger partial charge in [0.15, 0.2) is 0 Å². The molecule has 4 aromatic rings. The number of carbonyl (C=O) groups excluding carboxylic acids is 1. The lowest BCUT2D eigenvalue weighted by molar-refractivity contribution is 0.0747. The molecule has 0 aliphatic rings. The van der Waals surface area contributed by atoms with E-state index in [0.29, 0.717) is 30.3 Å². The summed E-state index contributed by atoms with van der Waals surface area (Å²) in [6.07, 6.45) is 6.70. The first kappa shape index (κ1) is 20.8. The van der Waals surface area contributed by atoms with Crippen molar-refractivity contribution in [3.63, 3.8) is 0 Å². The maximum absolute atomic E-state index is 13.3. The average molecular weight is 435 g/mol. The summed E-state index contributed by atoms with van der Waals surface area (Å²) in [5.41, 5.74) is 2.91. The van der Waals surface area contributed by atoms with Gasteiger partial charge in [0.05, 0.1) is 34.6 Å². The summed E-state index contributed by atoms with van der Waals surface area (Å²) in [6.45, 7) is 3.20. The molecule has 4 rings (SSSR count). The van der Waals surface area contributed by atoms with Crippen LogP contribution in [-0.2, 0) is 17.9 Å². The fraction of sp³-hybridized carbons (Fsp3) is 0.227. The molecule has 0 bridgehead atoms. The van der Waals surface area contributed by atoms with Gasteiger partial charge in [0.2, 0.25) is 0 Å². The quantitative estimate of drug-likeness (QED) is 0.421. The Kier molecular flexibility index (Phi) is 6.44. The van der Waals surface area contributed by atoms with E-state index < -0.39 is 0 Å². The van der Waals surface area contributed by atoms with Gasteiger partial charge in [-0.25, -0.2) is 9.97 Å². The van der Waals surface area contributed by atoms with Crippen LogP contribution in [0.1, 0.15) is 28.5 Å². The van der Waals surface area contributed by atoms with E-state index in [4.69, 9.17) is 4.74 Å². The third-order valence-electron chi connectivity index (χ3n) is 4.78. The maximum Gasteiger partial charge on any atom is 0.257 e. The molecule has 0 radical (unpaired) electrons. The van der Waals surface area contributed by atoms with E-state index in [0.717, 1.165) is 16.1 Å². The molecule has 31 heavy (non-hydrogen) atoms. The molecule has 0 unspecified atom stereocenters. The molecule has 158 valence electrons. The van der Waals surface area contributed by atoms with Crippen LogP contribution >= 0.6 is 11.3 Å². The van der Waals surface area contributed by atoms with Crippen LogP contribution in [0.2, 0.25) is 0 Å². The van der Waals surface area contributed by atoms with Gasteiger partial charge in [-0.2, -0.15) is 9.78 Å². The van der Waals surface area contributed by atoms with Gasteiger partial charge in [-0.1, -0.05) is 6.07 Å². The van der Waals surface area contributed by atoms with Crippen molar-refractivity contribution in [2.45, 2.75) is 20.1 Å². The second-order valence-electron chi connectivity index (χ2n) is 6.74. The molecule has 8 nitrogen and oxygen atoms in total. The molecule has 0 aliphatic heterocycles. The second-order valence-corrected chi connectivity index (χ2v) is 7.69. The summed E-state index contributed by atoms with van der Waals surface area (Å²) >= 11 is 1.60. The molecule has 4 aromatic heterocycles. The molecule has 9 heteroatoms. The Morgan fingerprint density at radius 1 is 1.19 bits per heavy atom. The number of methoxy groups -OCH3 is 1. The van der Waals surface area contributed by atoms with E-state index in [2.05, 4.69) is 20.1 Å². The summed E-state index contributed by atoms with van der Waals surface area (Å²) in [5.74, 6) is 0.279. The van der Waals surface area contributed by atoms with Gasteiger partial charge in [-0.05, 0) is 42.1 Å². The summed E-state index contributed by atoms with van der Waals surface area (Å²) in [5, 5.41) is 6.43. The number of aromatic nitrogens is 5. The van der Waals surface area contributed by atoms with Crippen molar-refractivity contribution >= 4 is 17.2 Å². The molecule has 4 heterocycles. The Hall–Kier alpha value is -3.43. The van der Waals surface area contributed by atoms with Crippen molar-refractivity contribution in [3.8, 4) is 16.5 Å². The standard InChI is InChI=1S/C22H22N6O2S/c1-3-27(14-16-6-9-23-10-7-16)21(29)17-13-25-28(19(17)15-30-2)22-24-11-8-18(26-22)20-5-4-12-31-20/h4-13H,3,14-15H2,1-2H3. The fourth-order valence-electron chi connectivity index (χ4n) is 3.22. The van der Waals surface area contributed by atoms with E-state index in [-0.39, 0.29) is 12.5 Å². The number of thiophene rings is 1. The average Bonchev–Trinajstić information content (AvgIpc) is 3.49. The predicted molar refractivity (Wildman–Crippen MR) is 118 cm³/mol. The lowest BCUT2D eigenvalue weighted by Gasteiger charge is -2.21. The number of amides is 1. The van der Waals surface area contributed by atoms with Crippen LogP contribution in [0.25, 0.3) is 16.5 Å². The third-order valence-corrected chi connectivity index (χ3v) is 5.67. The van der Waals surface area contributed by atoms with E-state index in [9.17, 15) is 4.79 Å². The first-order valence-electron chi connectivity index (χ1n) is 9.82. The summed E-state index contributed by atoms with van der Waals surface area (Å²) in [7, 11) is 1.59. The van der Waals surface area contributed by atoms with Crippen LogP contribution in [0.3, 0.4) is 0 Å². The minimum atomic E-state index is -0.118. The van der Waals surface area contributed by atoms with Crippen molar-refractivity contribution < 1.29 is 9.53 Å². The molecular weight excluding hydrogens is 412 g/mol. The Morgan fingerprint density at radius 2 is 2.03 bits per heavy atom. The van der Waals surface area contributed by atoms with E-state index >= 15 is 0 Å². The highest BCUT2D eigenvalue weighted by Gasteiger charge is 2.24. The van der Waals surface area contributed by atoms with Crippen LogP contribution in [0.15, 0.2) is 60.5 Å². The maximum atomic E-state index is 13.3. The zero-order valence-corrected chi connectivity index (χ0v) is 18.1. The number of pyridine rings is 1. The molecule has 0 fully saturated rings. The number of ether oxygens (including phenoxy) is 1. The van der Waals surface area contributed by atoms with Gasteiger partial charge >= 0.3 is 0 Å². The van der Waals surface area contributed by atoms with Crippen molar-refractivity contribution in [1.29, 1.82) is 0 Å². The molecule has 0 atom stereocenters. The highest BCUT2D eigenvalue weighted by Crippen LogP contribution is 2.24. The van der Waals surface area contributed by atoms with Gasteiger partial charge in [0.25, 0.3) is 11.9 Å². The van der Waals surface area contributed by atoms with E-state index in [1.54, 1.807) is 52.8 Å². The minimum Gasteiger partial charge on any atom is -0.378 e. The van der Waals surface area contributed by atoms with Crippen molar-refractivity contribution in [1.82, 2.24) is 29.6 Å². The van der Waals surface area contributed by atoms with Crippen LogP contribution in [-0.4, -0.2) is 49.2 Å². The summed E-state index contributed by atoms with van der Waals surface area (Å²) in [4.78, 5) is 29.2. The molecule has 0 spiro atoms. The normalized spacial score (nSPS) is 10.9. The minimum absolute atomic E-state index is 0.118. The van der Waals surface area contributed by atoms with Gasteiger partial charge in [-0.3, -0.25) is 9.78 Å². The second kappa shape index (κ2) is 9.59. The van der Waals surface area contributed by atoms with Gasteiger partial charge in [0, 0.05) is 38.8 Å². The Balaban J connectivity index is 1.67. The van der Waals surface area contributed by atoms with Crippen LogP contribution in [0, 0.1) is 0 Å². The molecule has 0 N–H and O–H groups in total. The summed E-state index contributed by atoms with van der Waals surface area (Å²) < 4.78 is 6.96. The van der Waals surface area contributed by atoms with Gasteiger partial charge in [0.1, 0.15) is 0 Å². The Bertz CT molecular complexity index is 1140. The molecule has 1 amide bonds. The van der Waals surface area contributed by atoms with Crippen molar-refractivity contribution in [2.75, 3.05) is 13.7 Å². The molecule has 0 saturated carbocycles. The van der Waals surface area contributed by atoms with E-state index in [1.807, 2.05) is 42.6 Å². The third kappa shape index (κ3) is 4.52. The largest absolute Gasteiger partial charge is 0.378 e. The summed E-state index contributed by atoms with van der Waals surface area (Å²) in [6, 6.07) is 9.64. The zero-order valence-electron chi connectivity index (χ0n) is 17.3. The fourth-order valence-corrected chi connectivity index (χ4v) is 3.91. The van der Waals surface area contributed by atoms with Gasteiger partial charge < -0.3 is 9.64 Å². The van der Waals surface area contributed by atoms with Crippen molar-refractivity contribution in [2.24, 2.45) is 0 Å². The van der Waals surface area contributed by atoms with E-state index in [1.165, 1.54) is 0 Å². The topological polar surface area (TPSA) is 86.0 Å². The zero-order chi connectivity index (χ0) is 21.6. The van der Waals surface area contributed by atoms with Gasteiger partial charge in [-0.15, -0.1) is 11.3 Å². The number of hydrogen-bond donors (Lipinski definition) is 0. The highest BCUT2D eigenvalue weighted by molar-refractivity contribution is 7.13. The first-order chi connectivity index (χ1) is 15.2. The molecule has 0 aliphatic carbocycles. The number of carbonyl (C=O) groups is 1. The van der Waals surface area contributed by atoms with Crippen LogP contribution in [0.4, 0.5) is 0 Å². The molecular formula is C22H22N6O2S. The monoisotopic (exact) mass is 434 g/mol. The number of rotatable bonds is 8. The van der Waals surface area contributed by atoms with Crippen LogP contribution in [0.5, 0.6) is 0 Å². The van der Waals surface area contributed by atoms with Crippen molar-refractivity contribution in [3.05, 3.63) is 77.3 Å². The lowest BCUT2D eigenvalue weighted by atomic mass is 10.2. The number of hydrogen-bond acceptors (Lipinski definition) is 7. The molecule has 0 saturated heterocycles.